The Morgan fingerprint density at radius 3 is 2.67 bits per heavy atom. The average molecular weight is 306 g/mol. The second-order valence-electron chi connectivity index (χ2n) is 4.43. The summed E-state index contributed by atoms with van der Waals surface area (Å²) in [5.74, 6) is -0.554. The molecule has 108 valence electrons. The molecule has 0 heterocycles. The lowest BCUT2D eigenvalue weighted by molar-refractivity contribution is -0.383. The molecule has 7 heteroatoms. The van der Waals surface area contributed by atoms with Crippen LogP contribution in [0.1, 0.15) is 15.9 Å². The number of amides is 1. The Morgan fingerprint density at radius 2 is 2.05 bits per heavy atom. The molecular weight excluding hydrogens is 294 g/mol. The van der Waals surface area contributed by atoms with Crippen LogP contribution in [0.5, 0.6) is 0 Å². The minimum atomic E-state index is -0.634. The first kappa shape index (κ1) is 14.8. The van der Waals surface area contributed by atoms with Gasteiger partial charge in [0, 0.05) is 6.07 Å². The molecule has 0 aliphatic carbocycles. The maximum atomic E-state index is 12.2. The van der Waals surface area contributed by atoms with Gasteiger partial charge in [-0.3, -0.25) is 14.9 Å². The van der Waals surface area contributed by atoms with Crippen molar-refractivity contribution in [2.75, 3.05) is 11.1 Å². The van der Waals surface area contributed by atoms with Gasteiger partial charge in [0.1, 0.15) is 5.69 Å². The highest BCUT2D eigenvalue weighted by Crippen LogP contribution is 2.27. The molecule has 0 unspecified atom stereocenters. The molecule has 3 N–H and O–H groups in total. The molecule has 0 saturated carbocycles. The van der Waals surface area contributed by atoms with Gasteiger partial charge in [-0.25, -0.2) is 0 Å². The Kier molecular flexibility index (Phi) is 4.09. The molecule has 6 nitrogen and oxygen atoms in total. The van der Waals surface area contributed by atoms with E-state index in [0.717, 1.165) is 5.56 Å². The number of nitro groups is 1. The van der Waals surface area contributed by atoms with Crippen molar-refractivity contribution in [3.63, 3.8) is 0 Å². The van der Waals surface area contributed by atoms with Crippen LogP contribution in [0.25, 0.3) is 0 Å². The first-order chi connectivity index (χ1) is 9.90. The van der Waals surface area contributed by atoms with Crippen LogP contribution in [0, 0.1) is 17.0 Å². The van der Waals surface area contributed by atoms with E-state index in [1.807, 2.05) is 6.92 Å². The number of rotatable bonds is 3. The molecule has 0 spiro atoms. The standard InChI is InChI=1S/C14H12ClN3O3/c1-8-5-6-11(10(15)7-8)17-14(19)9-3-2-4-12(13(9)16)18(20)21/h2-7H,16H2,1H3,(H,17,19). The number of carbonyl (C=O) groups is 1. The van der Waals surface area contributed by atoms with E-state index in [1.54, 1.807) is 18.2 Å². The predicted octanol–water partition coefficient (Wildman–Crippen LogP) is 3.39. The average Bonchev–Trinajstić information content (AvgIpc) is 2.41. The fraction of sp³-hybridized carbons (Fsp3) is 0.0714. The van der Waals surface area contributed by atoms with Crippen LogP contribution in [-0.2, 0) is 0 Å². The zero-order valence-corrected chi connectivity index (χ0v) is 11.8. The smallest absolute Gasteiger partial charge is 0.292 e. The number of nitrogens with zero attached hydrogens (tertiary/aromatic N) is 1. The zero-order valence-electron chi connectivity index (χ0n) is 11.1. The van der Waals surface area contributed by atoms with Crippen LogP contribution < -0.4 is 11.1 Å². The number of hydrogen-bond donors (Lipinski definition) is 2. The Morgan fingerprint density at radius 1 is 1.33 bits per heavy atom. The van der Waals surface area contributed by atoms with Gasteiger partial charge in [-0.1, -0.05) is 23.7 Å². The van der Waals surface area contributed by atoms with Gasteiger partial charge in [-0.15, -0.1) is 0 Å². The van der Waals surface area contributed by atoms with Gasteiger partial charge in [-0.2, -0.15) is 0 Å². The third kappa shape index (κ3) is 3.11. The molecular formula is C14H12ClN3O3. The molecule has 1 amide bonds. The lowest BCUT2D eigenvalue weighted by Crippen LogP contribution is -2.15. The monoisotopic (exact) mass is 305 g/mol. The Hall–Kier alpha value is -2.60. The van der Waals surface area contributed by atoms with Crippen LogP contribution in [0.2, 0.25) is 5.02 Å². The van der Waals surface area contributed by atoms with Crippen LogP contribution >= 0.6 is 11.6 Å². The zero-order chi connectivity index (χ0) is 15.6. The summed E-state index contributed by atoms with van der Waals surface area (Å²) in [7, 11) is 0. The summed E-state index contributed by atoms with van der Waals surface area (Å²) in [6.45, 7) is 1.87. The topological polar surface area (TPSA) is 98.3 Å². The minimum absolute atomic E-state index is 0.0286. The third-order valence-electron chi connectivity index (χ3n) is 2.90. The molecule has 2 aromatic rings. The number of halogens is 1. The summed E-state index contributed by atoms with van der Waals surface area (Å²) in [4.78, 5) is 22.4. The van der Waals surface area contributed by atoms with Crippen molar-refractivity contribution < 1.29 is 9.72 Å². The van der Waals surface area contributed by atoms with Gasteiger partial charge in [-0.05, 0) is 30.7 Å². The highest BCUT2D eigenvalue weighted by Gasteiger charge is 2.19. The van der Waals surface area contributed by atoms with Crippen molar-refractivity contribution in [1.29, 1.82) is 0 Å². The van der Waals surface area contributed by atoms with Crippen LogP contribution in [0.3, 0.4) is 0 Å². The molecule has 0 fully saturated rings. The van der Waals surface area contributed by atoms with Crippen LogP contribution in [-0.4, -0.2) is 10.8 Å². The normalized spacial score (nSPS) is 10.2. The molecule has 0 bridgehead atoms. The molecule has 2 aromatic carbocycles. The van der Waals surface area contributed by atoms with E-state index in [0.29, 0.717) is 10.7 Å². The number of anilines is 2. The molecule has 0 saturated heterocycles. The lowest BCUT2D eigenvalue weighted by Gasteiger charge is -2.09. The van der Waals surface area contributed by atoms with Gasteiger partial charge in [0.2, 0.25) is 0 Å². The third-order valence-corrected chi connectivity index (χ3v) is 3.21. The molecule has 0 atom stereocenters. The number of nitrogens with two attached hydrogens (primary N) is 1. The van der Waals surface area contributed by atoms with Gasteiger partial charge >= 0.3 is 0 Å². The first-order valence-electron chi connectivity index (χ1n) is 6.00. The lowest BCUT2D eigenvalue weighted by atomic mass is 10.1. The molecule has 0 radical (unpaired) electrons. The van der Waals surface area contributed by atoms with E-state index in [2.05, 4.69) is 5.32 Å². The molecule has 21 heavy (non-hydrogen) atoms. The van der Waals surface area contributed by atoms with E-state index in [1.165, 1.54) is 18.2 Å². The highest BCUT2D eigenvalue weighted by atomic mass is 35.5. The van der Waals surface area contributed by atoms with Gasteiger partial charge in [0.15, 0.2) is 0 Å². The van der Waals surface area contributed by atoms with Gasteiger partial charge < -0.3 is 11.1 Å². The molecule has 0 aliphatic rings. The second-order valence-corrected chi connectivity index (χ2v) is 4.84. The largest absolute Gasteiger partial charge is 0.393 e. The number of nitrogen functional groups attached to an aromatic ring is 1. The summed E-state index contributed by atoms with van der Waals surface area (Å²) >= 11 is 6.03. The SMILES string of the molecule is Cc1ccc(NC(=O)c2cccc([N+](=O)[O-])c2N)c(Cl)c1. The number of aryl methyl sites for hydroxylation is 1. The van der Waals surface area contributed by atoms with Crippen molar-refractivity contribution in [2.45, 2.75) is 6.92 Å². The second kappa shape index (κ2) is 5.80. The van der Waals surface area contributed by atoms with E-state index in [9.17, 15) is 14.9 Å². The fourth-order valence-corrected chi connectivity index (χ4v) is 2.10. The Bertz CT molecular complexity index is 731. The van der Waals surface area contributed by atoms with E-state index in [-0.39, 0.29) is 16.9 Å². The number of para-hydroxylation sites is 1. The summed E-state index contributed by atoms with van der Waals surface area (Å²) in [6.07, 6.45) is 0. The highest BCUT2D eigenvalue weighted by molar-refractivity contribution is 6.34. The van der Waals surface area contributed by atoms with E-state index in [4.69, 9.17) is 17.3 Å². The minimum Gasteiger partial charge on any atom is -0.393 e. The maximum Gasteiger partial charge on any atom is 0.292 e. The van der Waals surface area contributed by atoms with Gasteiger partial charge in [0.05, 0.1) is 21.2 Å². The maximum absolute atomic E-state index is 12.2. The molecule has 0 aromatic heterocycles. The summed E-state index contributed by atoms with van der Waals surface area (Å²) < 4.78 is 0. The van der Waals surface area contributed by atoms with Crippen LogP contribution in [0.15, 0.2) is 36.4 Å². The summed E-state index contributed by atoms with van der Waals surface area (Å²) in [5.41, 5.74) is 6.58. The summed E-state index contributed by atoms with van der Waals surface area (Å²) in [6, 6.07) is 9.21. The van der Waals surface area contributed by atoms with Crippen LogP contribution in [0.4, 0.5) is 17.1 Å². The van der Waals surface area contributed by atoms with Crippen molar-refractivity contribution >= 4 is 34.6 Å². The van der Waals surface area contributed by atoms with Crippen molar-refractivity contribution in [1.82, 2.24) is 0 Å². The Balaban J connectivity index is 2.33. The number of nitro benzene ring substituents is 1. The fourth-order valence-electron chi connectivity index (χ4n) is 1.82. The van der Waals surface area contributed by atoms with Crippen molar-refractivity contribution in [3.05, 3.63) is 62.7 Å². The number of benzene rings is 2. The van der Waals surface area contributed by atoms with Crippen molar-refractivity contribution in [2.24, 2.45) is 0 Å². The summed E-state index contributed by atoms with van der Waals surface area (Å²) in [5, 5.41) is 13.8. The quantitative estimate of drug-likeness (QED) is 0.516. The predicted molar refractivity (Wildman–Crippen MR) is 81.7 cm³/mol. The first-order valence-corrected chi connectivity index (χ1v) is 6.38. The van der Waals surface area contributed by atoms with E-state index < -0.39 is 10.8 Å². The number of nitrogens with one attached hydrogen (secondary N) is 1. The Labute approximate surface area is 125 Å². The van der Waals surface area contributed by atoms with E-state index >= 15 is 0 Å². The van der Waals surface area contributed by atoms with Gasteiger partial charge in [0.25, 0.3) is 11.6 Å². The van der Waals surface area contributed by atoms with Crippen molar-refractivity contribution in [3.8, 4) is 0 Å². The molecule has 0 aliphatic heterocycles. The number of hydrogen-bond acceptors (Lipinski definition) is 4. The number of carbonyl (C=O) groups excluding carboxylic acids is 1. The molecule has 2 rings (SSSR count).